The van der Waals surface area contributed by atoms with Crippen molar-refractivity contribution in [3.05, 3.63) is 95.4 Å². The van der Waals surface area contributed by atoms with Crippen LogP contribution < -0.4 is 4.74 Å². The molecular formula is C25H22N4O3. The Morgan fingerprint density at radius 2 is 2.00 bits per heavy atom. The quantitative estimate of drug-likeness (QED) is 0.479. The summed E-state index contributed by atoms with van der Waals surface area (Å²) in [5.74, 6) is 0.700. The highest BCUT2D eigenvalue weighted by molar-refractivity contribution is 6.00. The first-order chi connectivity index (χ1) is 15.7. The van der Waals surface area contributed by atoms with Crippen LogP contribution in [0.2, 0.25) is 0 Å². The fourth-order valence-electron chi connectivity index (χ4n) is 4.21. The minimum Gasteiger partial charge on any atom is -0.507 e. The predicted octanol–water partition coefficient (Wildman–Crippen LogP) is 4.32. The van der Waals surface area contributed by atoms with E-state index in [2.05, 4.69) is 15.2 Å². The smallest absolute Gasteiger partial charge is 0.273 e. The van der Waals surface area contributed by atoms with Gasteiger partial charge in [-0.1, -0.05) is 30.3 Å². The molecule has 0 unspecified atom stereocenters. The lowest BCUT2D eigenvalue weighted by molar-refractivity contribution is 0.0729. The molecule has 1 aliphatic heterocycles. The maximum Gasteiger partial charge on any atom is 0.273 e. The number of nitrogens with zero attached hydrogens (tertiary/aromatic N) is 3. The number of phenols is 1. The van der Waals surface area contributed by atoms with Gasteiger partial charge in [-0.15, -0.1) is 0 Å². The van der Waals surface area contributed by atoms with E-state index in [-0.39, 0.29) is 11.7 Å². The van der Waals surface area contributed by atoms with E-state index in [0.29, 0.717) is 30.1 Å². The van der Waals surface area contributed by atoms with Crippen LogP contribution in [0.1, 0.15) is 40.1 Å². The number of nitrogens with one attached hydrogen (secondary N) is 1. The SMILES string of the molecule is CCOc1cccc([C@H]2c3c(-c4ccccc4O)n[nH]c3C(=O)N2Cc2cccnc2)c1. The summed E-state index contributed by atoms with van der Waals surface area (Å²) in [6.07, 6.45) is 3.47. The fraction of sp³-hybridized carbons (Fsp3) is 0.160. The van der Waals surface area contributed by atoms with Crippen LogP contribution >= 0.6 is 0 Å². The van der Waals surface area contributed by atoms with Gasteiger partial charge in [-0.2, -0.15) is 5.10 Å². The van der Waals surface area contributed by atoms with Crippen molar-refractivity contribution in [3.63, 3.8) is 0 Å². The molecule has 1 amide bonds. The van der Waals surface area contributed by atoms with Crippen LogP contribution in [0.15, 0.2) is 73.1 Å². The van der Waals surface area contributed by atoms with Crippen LogP contribution in [0.4, 0.5) is 0 Å². The fourth-order valence-corrected chi connectivity index (χ4v) is 4.21. The topological polar surface area (TPSA) is 91.3 Å². The molecule has 7 nitrogen and oxygen atoms in total. The number of fused-ring (bicyclic) bond motifs is 1. The molecule has 0 saturated carbocycles. The van der Waals surface area contributed by atoms with Gasteiger partial charge in [0.15, 0.2) is 0 Å². The molecule has 2 N–H and O–H groups in total. The molecule has 4 aromatic rings. The minimum atomic E-state index is -0.397. The molecule has 1 aliphatic rings. The third-order valence-corrected chi connectivity index (χ3v) is 5.58. The summed E-state index contributed by atoms with van der Waals surface area (Å²) in [6.45, 7) is 2.87. The van der Waals surface area contributed by atoms with Gasteiger partial charge in [0.1, 0.15) is 22.9 Å². The number of hydrogen-bond donors (Lipinski definition) is 2. The van der Waals surface area contributed by atoms with Crippen LogP contribution in [0.3, 0.4) is 0 Å². The van der Waals surface area contributed by atoms with Crippen LogP contribution in [0, 0.1) is 0 Å². The number of ether oxygens (including phenoxy) is 1. The third kappa shape index (κ3) is 3.37. The first-order valence-electron chi connectivity index (χ1n) is 10.5. The zero-order valence-electron chi connectivity index (χ0n) is 17.5. The Bertz CT molecular complexity index is 1270. The number of benzene rings is 2. The standard InChI is InChI=1S/C25H22N4O3/c1-2-32-18-9-5-8-17(13-18)24-21-22(19-10-3-4-11-20(19)30)27-28-23(21)25(31)29(24)15-16-7-6-12-26-14-16/h3-14,24,30H,2,15H2,1H3,(H,27,28)/t24-/m0/s1. The van der Waals surface area contributed by atoms with Crippen LogP contribution in [-0.4, -0.2) is 37.7 Å². The van der Waals surface area contributed by atoms with Crippen molar-refractivity contribution in [1.82, 2.24) is 20.1 Å². The first kappa shape index (κ1) is 19.8. The van der Waals surface area contributed by atoms with Crippen LogP contribution in [0.25, 0.3) is 11.3 Å². The third-order valence-electron chi connectivity index (χ3n) is 5.58. The maximum absolute atomic E-state index is 13.5. The summed E-state index contributed by atoms with van der Waals surface area (Å²) in [5, 5.41) is 17.8. The number of aromatic hydroxyl groups is 1. The zero-order valence-corrected chi connectivity index (χ0v) is 17.5. The van der Waals surface area contributed by atoms with Crippen LogP contribution in [0.5, 0.6) is 11.5 Å². The van der Waals surface area contributed by atoms with Crippen molar-refractivity contribution in [2.24, 2.45) is 0 Å². The summed E-state index contributed by atoms with van der Waals surface area (Å²) >= 11 is 0. The summed E-state index contributed by atoms with van der Waals surface area (Å²) in [5.41, 5.74) is 4.14. The normalized spacial score (nSPS) is 15.1. The summed E-state index contributed by atoms with van der Waals surface area (Å²) in [4.78, 5) is 19.5. The molecule has 0 spiro atoms. The van der Waals surface area contributed by atoms with E-state index in [4.69, 9.17) is 4.74 Å². The van der Waals surface area contributed by atoms with Gasteiger partial charge in [-0.3, -0.25) is 14.9 Å². The molecule has 7 heteroatoms. The highest BCUT2D eigenvalue weighted by atomic mass is 16.5. The molecule has 0 fully saturated rings. The highest BCUT2D eigenvalue weighted by Crippen LogP contribution is 2.45. The number of phenolic OH excluding ortho intramolecular Hbond substituents is 1. The number of para-hydroxylation sites is 1. The van der Waals surface area contributed by atoms with Gasteiger partial charge in [0.25, 0.3) is 5.91 Å². The number of pyridine rings is 1. The van der Waals surface area contributed by atoms with Crippen molar-refractivity contribution >= 4 is 5.91 Å². The first-order valence-corrected chi connectivity index (χ1v) is 10.5. The average molecular weight is 426 g/mol. The van der Waals surface area contributed by atoms with Gasteiger partial charge < -0.3 is 14.7 Å². The molecular weight excluding hydrogens is 404 g/mol. The molecule has 2 aromatic carbocycles. The van der Waals surface area contributed by atoms with E-state index >= 15 is 0 Å². The maximum atomic E-state index is 13.5. The number of carbonyl (C=O) groups excluding carboxylic acids is 1. The number of carbonyl (C=O) groups is 1. The monoisotopic (exact) mass is 426 g/mol. The van der Waals surface area contributed by atoms with E-state index in [9.17, 15) is 9.90 Å². The number of aromatic amines is 1. The average Bonchev–Trinajstić information content (AvgIpc) is 3.35. The van der Waals surface area contributed by atoms with E-state index in [0.717, 1.165) is 22.4 Å². The van der Waals surface area contributed by atoms with E-state index in [1.165, 1.54) is 0 Å². The Morgan fingerprint density at radius 1 is 1.12 bits per heavy atom. The molecule has 0 radical (unpaired) electrons. The Hall–Kier alpha value is -4.13. The van der Waals surface area contributed by atoms with Crippen LogP contribution in [-0.2, 0) is 6.54 Å². The Morgan fingerprint density at radius 3 is 2.78 bits per heavy atom. The van der Waals surface area contributed by atoms with Gasteiger partial charge in [0.2, 0.25) is 0 Å². The summed E-state index contributed by atoms with van der Waals surface area (Å²) < 4.78 is 5.71. The molecule has 1 atom stereocenters. The van der Waals surface area contributed by atoms with Crippen molar-refractivity contribution in [2.45, 2.75) is 19.5 Å². The van der Waals surface area contributed by atoms with Crippen molar-refractivity contribution in [1.29, 1.82) is 0 Å². The van der Waals surface area contributed by atoms with E-state index in [1.807, 2.05) is 49.4 Å². The second kappa shape index (κ2) is 8.19. The van der Waals surface area contributed by atoms with Crippen molar-refractivity contribution < 1.29 is 14.6 Å². The highest BCUT2D eigenvalue weighted by Gasteiger charge is 2.42. The predicted molar refractivity (Wildman–Crippen MR) is 119 cm³/mol. The molecule has 32 heavy (non-hydrogen) atoms. The van der Waals surface area contributed by atoms with E-state index < -0.39 is 6.04 Å². The molecule has 3 heterocycles. The van der Waals surface area contributed by atoms with Gasteiger partial charge >= 0.3 is 0 Å². The Kier molecular flexibility index (Phi) is 5.07. The van der Waals surface area contributed by atoms with Gasteiger partial charge in [0.05, 0.1) is 12.6 Å². The molecule has 0 saturated heterocycles. The second-order valence-corrected chi connectivity index (χ2v) is 7.58. The number of aromatic nitrogens is 3. The molecule has 5 rings (SSSR count). The molecule has 0 bridgehead atoms. The van der Waals surface area contributed by atoms with Crippen molar-refractivity contribution in [3.8, 4) is 22.8 Å². The molecule has 2 aromatic heterocycles. The summed E-state index contributed by atoms with van der Waals surface area (Å²) in [6, 6.07) is 18.2. The van der Waals surface area contributed by atoms with Gasteiger partial charge in [0, 0.05) is 30.1 Å². The lowest BCUT2D eigenvalue weighted by Gasteiger charge is -2.26. The number of hydrogen-bond acceptors (Lipinski definition) is 5. The Labute approximate surface area is 185 Å². The van der Waals surface area contributed by atoms with Gasteiger partial charge in [-0.25, -0.2) is 0 Å². The lowest BCUT2D eigenvalue weighted by Crippen LogP contribution is -2.29. The van der Waals surface area contributed by atoms with Gasteiger partial charge in [-0.05, 0) is 48.4 Å². The molecule has 160 valence electrons. The Balaban J connectivity index is 1.66. The largest absolute Gasteiger partial charge is 0.507 e. The number of amides is 1. The summed E-state index contributed by atoms with van der Waals surface area (Å²) in [7, 11) is 0. The minimum absolute atomic E-state index is 0.113. The van der Waals surface area contributed by atoms with Crippen molar-refractivity contribution in [2.75, 3.05) is 6.61 Å². The molecule has 0 aliphatic carbocycles. The number of rotatable bonds is 6. The zero-order chi connectivity index (χ0) is 22.1. The lowest BCUT2D eigenvalue weighted by atomic mass is 9.95. The number of H-pyrrole nitrogens is 1. The second-order valence-electron chi connectivity index (χ2n) is 7.58. The van der Waals surface area contributed by atoms with E-state index in [1.54, 1.807) is 35.5 Å².